The smallest absolute Gasteiger partial charge is 0.290 e. The van der Waals surface area contributed by atoms with Crippen LogP contribution >= 0.6 is 11.6 Å². The Bertz CT molecular complexity index is 1480. The van der Waals surface area contributed by atoms with Crippen molar-refractivity contribution in [2.45, 2.75) is 19.4 Å². The van der Waals surface area contributed by atoms with Crippen LogP contribution in [0.1, 0.15) is 38.9 Å². The minimum absolute atomic E-state index is 0.0299. The predicted molar refractivity (Wildman–Crippen MR) is 130 cm³/mol. The molecule has 0 bridgehead atoms. The summed E-state index contributed by atoms with van der Waals surface area (Å²) in [5, 5.41) is 10.9. The van der Waals surface area contributed by atoms with Crippen LogP contribution in [0.15, 0.2) is 69.9 Å². The van der Waals surface area contributed by atoms with Gasteiger partial charge in [-0.15, -0.1) is 0 Å². The largest absolute Gasteiger partial charge is 0.508 e. The fraction of sp³-hybridized carbons (Fsp3) is 0.185. The van der Waals surface area contributed by atoms with Gasteiger partial charge in [-0.1, -0.05) is 35.9 Å². The fourth-order valence-electron chi connectivity index (χ4n) is 4.45. The number of rotatable bonds is 5. The van der Waals surface area contributed by atoms with E-state index >= 15 is 0 Å². The summed E-state index contributed by atoms with van der Waals surface area (Å²) in [6.07, 6.45) is 0.567. The average molecular weight is 476 g/mol. The second-order valence-corrected chi connectivity index (χ2v) is 8.77. The lowest BCUT2D eigenvalue weighted by atomic mass is 9.98. The quantitative estimate of drug-likeness (QED) is 0.426. The van der Waals surface area contributed by atoms with Crippen molar-refractivity contribution in [1.82, 2.24) is 4.90 Å². The Morgan fingerprint density at radius 3 is 2.56 bits per heavy atom. The average Bonchev–Trinajstić information content (AvgIpc) is 3.11. The van der Waals surface area contributed by atoms with Crippen molar-refractivity contribution in [2.75, 3.05) is 13.7 Å². The summed E-state index contributed by atoms with van der Waals surface area (Å²) in [7, 11) is 1.61. The van der Waals surface area contributed by atoms with Gasteiger partial charge in [0.2, 0.25) is 5.76 Å². The molecule has 0 aliphatic carbocycles. The first kappa shape index (κ1) is 22.0. The molecule has 0 spiro atoms. The number of carbonyl (C=O) groups is 1. The summed E-state index contributed by atoms with van der Waals surface area (Å²) in [6, 6.07) is 16.8. The van der Waals surface area contributed by atoms with Crippen molar-refractivity contribution in [3.63, 3.8) is 0 Å². The summed E-state index contributed by atoms with van der Waals surface area (Å²) in [6.45, 7) is 2.17. The summed E-state index contributed by atoms with van der Waals surface area (Å²) >= 11 is 6.28. The van der Waals surface area contributed by atoms with Gasteiger partial charge < -0.3 is 19.2 Å². The van der Waals surface area contributed by atoms with Crippen LogP contribution in [0, 0.1) is 6.92 Å². The van der Waals surface area contributed by atoms with Crippen LogP contribution < -0.4 is 10.2 Å². The SMILES string of the molecule is COc1ccc(CCN2C(=O)c3oc4cc(C)c(Cl)cc4c(=O)c3[C@H]2c2cccc(O)c2)cc1. The van der Waals surface area contributed by atoms with E-state index < -0.39 is 6.04 Å². The third kappa shape index (κ3) is 3.70. The fourth-order valence-corrected chi connectivity index (χ4v) is 4.62. The summed E-state index contributed by atoms with van der Waals surface area (Å²) in [5.41, 5.74) is 2.69. The summed E-state index contributed by atoms with van der Waals surface area (Å²) < 4.78 is 11.2. The van der Waals surface area contributed by atoms with Gasteiger partial charge >= 0.3 is 0 Å². The van der Waals surface area contributed by atoms with Crippen LogP contribution in [0.3, 0.4) is 0 Å². The molecule has 0 radical (unpaired) electrons. The number of halogens is 1. The second-order valence-electron chi connectivity index (χ2n) is 8.37. The molecular weight excluding hydrogens is 454 g/mol. The van der Waals surface area contributed by atoms with E-state index in [9.17, 15) is 14.7 Å². The maximum atomic E-state index is 13.6. The Labute approximate surface area is 201 Å². The number of amides is 1. The molecule has 172 valence electrons. The molecule has 1 aromatic heterocycles. The minimum atomic E-state index is -0.687. The van der Waals surface area contributed by atoms with Crippen molar-refractivity contribution in [1.29, 1.82) is 0 Å². The molecule has 1 aliphatic heterocycles. The molecule has 34 heavy (non-hydrogen) atoms. The van der Waals surface area contributed by atoms with Crippen LogP contribution in [0.2, 0.25) is 5.02 Å². The molecule has 0 saturated carbocycles. The van der Waals surface area contributed by atoms with Crippen LogP contribution in [0.5, 0.6) is 11.5 Å². The zero-order valence-electron chi connectivity index (χ0n) is 18.7. The number of aromatic hydroxyl groups is 1. The number of methoxy groups -OCH3 is 1. The molecular formula is C27H22ClNO5. The molecule has 1 N–H and O–H groups in total. The first-order chi connectivity index (χ1) is 16.4. The normalized spacial score (nSPS) is 15.1. The second kappa shape index (κ2) is 8.54. The van der Waals surface area contributed by atoms with E-state index in [-0.39, 0.29) is 28.4 Å². The van der Waals surface area contributed by atoms with Crippen LogP contribution in [-0.2, 0) is 6.42 Å². The van der Waals surface area contributed by atoms with Gasteiger partial charge in [-0.05, 0) is 66.4 Å². The number of phenolic OH excluding ortho intramolecular Hbond substituents is 1. The summed E-state index contributed by atoms with van der Waals surface area (Å²) in [5.74, 6) is 0.476. The van der Waals surface area contributed by atoms with Gasteiger partial charge in [-0.3, -0.25) is 9.59 Å². The first-order valence-electron chi connectivity index (χ1n) is 10.9. The third-order valence-corrected chi connectivity index (χ3v) is 6.64. The minimum Gasteiger partial charge on any atom is -0.508 e. The Kier molecular flexibility index (Phi) is 5.54. The van der Waals surface area contributed by atoms with Crippen molar-refractivity contribution in [3.05, 3.63) is 104 Å². The highest BCUT2D eigenvalue weighted by Gasteiger charge is 2.42. The van der Waals surface area contributed by atoms with Crippen LogP contribution in [0.25, 0.3) is 11.0 Å². The molecule has 7 heteroatoms. The van der Waals surface area contributed by atoms with Gasteiger partial charge in [-0.25, -0.2) is 0 Å². The molecule has 2 heterocycles. The van der Waals surface area contributed by atoms with E-state index in [2.05, 4.69) is 0 Å². The third-order valence-electron chi connectivity index (χ3n) is 6.23. The summed E-state index contributed by atoms with van der Waals surface area (Å²) in [4.78, 5) is 28.8. The molecule has 1 atom stereocenters. The molecule has 3 aromatic carbocycles. The highest BCUT2D eigenvalue weighted by molar-refractivity contribution is 6.32. The zero-order valence-corrected chi connectivity index (χ0v) is 19.4. The molecule has 5 rings (SSSR count). The zero-order chi connectivity index (χ0) is 24.0. The lowest BCUT2D eigenvalue weighted by Crippen LogP contribution is -2.31. The molecule has 0 fully saturated rings. The molecule has 1 amide bonds. The van der Waals surface area contributed by atoms with E-state index in [1.165, 1.54) is 0 Å². The molecule has 6 nitrogen and oxygen atoms in total. The number of fused-ring (bicyclic) bond motifs is 2. The molecule has 0 saturated heterocycles. The highest BCUT2D eigenvalue weighted by Crippen LogP contribution is 2.39. The van der Waals surface area contributed by atoms with Gasteiger partial charge in [0, 0.05) is 11.6 Å². The molecule has 4 aromatic rings. The molecule has 0 unspecified atom stereocenters. The number of hydrogen-bond donors (Lipinski definition) is 1. The van der Waals surface area contributed by atoms with Gasteiger partial charge in [0.1, 0.15) is 17.1 Å². The maximum absolute atomic E-state index is 13.6. The lowest BCUT2D eigenvalue weighted by Gasteiger charge is -2.25. The van der Waals surface area contributed by atoms with E-state index in [0.717, 1.165) is 16.9 Å². The Hall–Kier alpha value is -3.77. The number of benzene rings is 3. The van der Waals surface area contributed by atoms with E-state index in [4.69, 9.17) is 20.8 Å². The van der Waals surface area contributed by atoms with Crippen molar-refractivity contribution in [3.8, 4) is 11.5 Å². The van der Waals surface area contributed by atoms with Crippen LogP contribution in [0.4, 0.5) is 0 Å². The maximum Gasteiger partial charge on any atom is 0.290 e. The van der Waals surface area contributed by atoms with Crippen LogP contribution in [-0.4, -0.2) is 29.6 Å². The van der Waals surface area contributed by atoms with Gasteiger partial charge in [0.05, 0.1) is 24.1 Å². The van der Waals surface area contributed by atoms with E-state index in [1.807, 2.05) is 31.2 Å². The van der Waals surface area contributed by atoms with Crippen molar-refractivity contribution >= 4 is 28.5 Å². The van der Waals surface area contributed by atoms with E-state index in [0.29, 0.717) is 34.5 Å². The number of ether oxygens (including phenoxy) is 1. The van der Waals surface area contributed by atoms with Crippen molar-refractivity contribution in [2.24, 2.45) is 0 Å². The number of carbonyl (C=O) groups excluding carboxylic acids is 1. The first-order valence-corrected chi connectivity index (χ1v) is 11.2. The standard InChI is InChI=1S/C27H22ClNO5/c1-15-12-22-20(14-21(15)28)25(31)23-24(17-4-3-5-18(30)13-17)29(27(32)26(23)34-22)11-10-16-6-8-19(33-2)9-7-16/h3-9,12-14,24,30H,10-11H2,1-2H3/t24-/m1/s1. The van der Waals surface area contributed by atoms with Gasteiger partial charge in [0.25, 0.3) is 5.91 Å². The number of nitrogens with zero attached hydrogens (tertiary/aromatic N) is 1. The van der Waals surface area contributed by atoms with Crippen molar-refractivity contribution < 1.29 is 19.1 Å². The van der Waals surface area contributed by atoms with Gasteiger partial charge in [-0.2, -0.15) is 0 Å². The molecule has 1 aliphatic rings. The Morgan fingerprint density at radius 2 is 1.85 bits per heavy atom. The Morgan fingerprint density at radius 1 is 1.09 bits per heavy atom. The van der Waals surface area contributed by atoms with Gasteiger partial charge in [0.15, 0.2) is 5.43 Å². The highest BCUT2D eigenvalue weighted by atomic mass is 35.5. The number of aryl methyl sites for hydroxylation is 1. The lowest BCUT2D eigenvalue weighted by molar-refractivity contribution is 0.0730. The Balaban J connectivity index is 1.62. The monoisotopic (exact) mass is 475 g/mol. The number of phenols is 1. The van der Waals surface area contributed by atoms with E-state index in [1.54, 1.807) is 48.4 Å². The predicted octanol–water partition coefficient (Wildman–Crippen LogP) is 5.26. The number of hydrogen-bond acceptors (Lipinski definition) is 5. The topological polar surface area (TPSA) is 80.0 Å².